The number of nitrogens with zero attached hydrogens (tertiary/aromatic N) is 4. The third-order valence-electron chi connectivity index (χ3n) is 4.94. The van der Waals surface area contributed by atoms with Crippen LogP contribution in [0.25, 0.3) is 22.6 Å². The first-order valence-electron chi connectivity index (χ1n) is 10.8. The van der Waals surface area contributed by atoms with Crippen LogP contribution in [0, 0.1) is 0 Å². The van der Waals surface area contributed by atoms with Crippen LogP contribution in [0.3, 0.4) is 0 Å². The van der Waals surface area contributed by atoms with Gasteiger partial charge in [0.25, 0.3) is 0 Å². The zero-order valence-corrected chi connectivity index (χ0v) is 22.0. The second-order valence-corrected chi connectivity index (χ2v) is 10.2. The Morgan fingerprint density at radius 3 is 2.59 bits per heavy atom. The number of thioether (sulfide) groups is 1. The quantitative estimate of drug-likeness (QED) is 0.182. The number of unbranched alkanes of at least 4 members (excludes halogenated alkanes) is 1. The van der Waals surface area contributed by atoms with E-state index in [9.17, 15) is 4.79 Å². The predicted octanol–water partition coefficient (Wildman–Crippen LogP) is 6.28. The minimum atomic E-state index is -0.139. The van der Waals surface area contributed by atoms with Crippen molar-refractivity contribution >= 4 is 50.1 Å². The summed E-state index contributed by atoms with van der Waals surface area (Å²) in [6.45, 7) is 2.86. The second kappa shape index (κ2) is 11.6. The van der Waals surface area contributed by atoms with Gasteiger partial charge in [-0.1, -0.05) is 53.2 Å². The molecule has 0 atom stereocenters. The fourth-order valence-electron chi connectivity index (χ4n) is 3.10. The first-order valence-corrected chi connectivity index (χ1v) is 13.5. The van der Waals surface area contributed by atoms with Gasteiger partial charge in [-0.15, -0.1) is 21.5 Å². The van der Waals surface area contributed by atoms with Crippen LogP contribution >= 0.6 is 39.0 Å². The van der Waals surface area contributed by atoms with Gasteiger partial charge in [-0.25, -0.2) is 4.98 Å². The maximum atomic E-state index is 12.5. The lowest BCUT2D eigenvalue weighted by Crippen LogP contribution is -2.14. The molecule has 0 spiro atoms. The Morgan fingerprint density at radius 2 is 1.85 bits per heavy atom. The van der Waals surface area contributed by atoms with Crippen LogP contribution in [0.15, 0.2) is 63.5 Å². The molecule has 7 nitrogen and oxygen atoms in total. The van der Waals surface area contributed by atoms with Crippen molar-refractivity contribution in [2.45, 2.75) is 24.9 Å². The van der Waals surface area contributed by atoms with E-state index in [1.165, 1.54) is 23.1 Å². The van der Waals surface area contributed by atoms with Gasteiger partial charge < -0.3 is 14.6 Å². The van der Waals surface area contributed by atoms with Crippen molar-refractivity contribution < 1.29 is 9.53 Å². The van der Waals surface area contributed by atoms with E-state index in [1.807, 2.05) is 65.5 Å². The maximum absolute atomic E-state index is 12.5. The molecular formula is C24H24BrN5O2S2. The number of ether oxygens (including phenoxy) is 1. The number of nitrogens with one attached hydrogen (secondary N) is 1. The third kappa shape index (κ3) is 6.25. The average Bonchev–Trinajstić information content (AvgIpc) is 3.45. The van der Waals surface area contributed by atoms with Crippen molar-refractivity contribution in [3.8, 4) is 28.4 Å². The molecule has 1 amide bonds. The van der Waals surface area contributed by atoms with Crippen LogP contribution in [0.4, 0.5) is 5.13 Å². The van der Waals surface area contributed by atoms with Gasteiger partial charge in [-0.3, -0.25) is 4.79 Å². The highest BCUT2D eigenvalue weighted by Gasteiger charge is 2.14. The molecule has 176 valence electrons. The summed E-state index contributed by atoms with van der Waals surface area (Å²) in [6.07, 6.45) is 2.14. The molecule has 2 aromatic heterocycles. The van der Waals surface area contributed by atoms with Gasteiger partial charge in [0.05, 0.1) is 18.1 Å². The van der Waals surface area contributed by atoms with Crippen LogP contribution in [0.1, 0.15) is 19.8 Å². The molecule has 1 N–H and O–H groups in total. The normalized spacial score (nSPS) is 10.9. The van der Waals surface area contributed by atoms with Crippen LogP contribution in [-0.2, 0) is 11.8 Å². The Labute approximate surface area is 215 Å². The smallest absolute Gasteiger partial charge is 0.236 e. The van der Waals surface area contributed by atoms with Gasteiger partial charge in [-0.05, 0) is 42.8 Å². The van der Waals surface area contributed by atoms with Gasteiger partial charge in [0.1, 0.15) is 5.75 Å². The number of thiazole rings is 1. The molecule has 4 rings (SSSR count). The summed E-state index contributed by atoms with van der Waals surface area (Å²) < 4.78 is 8.62. The lowest BCUT2D eigenvalue weighted by Gasteiger charge is -2.07. The largest absolute Gasteiger partial charge is 0.494 e. The lowest BCUT2D eigenvalue weighted by atomic mass is 10.2. The average molecular weight is 559 g/mol. The summed E-state index contributed by atoms with van der Waals surface area (Å²) >= 11 is 6.17. The van der Waals surface area contributed by atoms with Crippen molar-refractivity contribution in [1.82, 2.24) is 19.7 Å². The van der Waals surface area contributed by atoms with Crippen LogP contribution in [-0.4, -0.2) is 38.0 Å². The van der Waals surface area contributed by atoms with Crippen LogP contribution in [0.5, 0.6) is 5.75 Å². The summed E-state index contributed by atoms with van der Waals surface area (Å²) in [6, 6.07) is 15.7. The van der Waals surface area contributed by atoms with Crippen LogP contribution in [0.2, 0.25) is 0 Å². The summed E-state index contributed by atoms with van der Waals surface area (Å²) in [5.74, 6) is 1.65. The van der Waals surface area contributed by atoms with Gasteiger partial charge in [0, 0.05) is 28.0 Å². The van der Waals surface area contributed by atoms with Gasteiger partial charge in [0.15, 0.2) is 16.1 Å². The summed E-state index contributed by atoms with van der Waals surface area (Å²) in [4.78, 5) is 17.0. The van der Waals surface area contributed by atoms with E-state index in [4.69, 9.17) is 4.74 Å². The van der Waals surface area contributed by atoms with Crippen molar-refractivity contribution in [2.24, 2.45) is 7.05 Å². The van der Waals surface area contributed by atoms with E-state index in [0.29, 0.717) is 10.3 Å². The van der Waals surface area contributed by atoms with Gasteiger partial charge >= 0.3 is 0 Å². The highest BCUT2D eigenvalue weighted by molar-refractivity contribution is 9.10. The molecule has 4 aromatic rings. The van der Waals surface area contributed by atoms with Crippen molar-refractivity contribution in [1.29, 1.82) is 0 Å². The Hall–Kier alpha value is -2.69. The Kier molecular flexibility index (Phi) is 8.36. The van der Waals surface area contributed by atoms with E-state index in [0.717, 1.165) is 52.3 Å². The van der Waals surface area contributed by atoms with E-state index in [-0.39, 0.29) is 11.7 Å². The van der Waals surface area contributed by atoms with Gasteiger partial charge in [-0.2, -0.15) is 0 Å². The molecule has 2 aromatic carbocycles. The molecule has 0 saturated carbocycles. The fraction of sp³-hybridized carbons (Fsp3) is 0.250. The summed E-state index contributed by atoms with van der Waals surface area (Å²) in [5.41, 5.74) is 2.78. The molecule has 0 saturated heterocycles. The molecule has 0 aliphatic rings. The Morgan fingerprint density at radius 1 is 1.12 bits per heavy atom. The monoisotopic (exact) mass is 557 g/mol. The summed E-state index contributed by atoms with van der Waals surface area (Å²) in [5, 5.41) is 14.6. The fourth-order valence-corrected chi connectivity index (χ4v) is 4.81. The topological polar surface area (TPSA) is 81.9 Å². The molecule has 0 bridgehead atoms. The van der Waals surface area contributed by atoms with Crippen molar-refractivity contribution in [3.05, 3.63) is 58.4 Å². The minimum Gasteiger partial charge on any atom is -0.494 e. The SMILES string of the molecule is CCCCOc1ccc(-c2nnc(SCC(=O)Nc3nc(-c4ccc(Br)cc4)cs3)n2C)cc1. The molecule has 0 unspecified atom stereocenters. The maximum Gasteiger partial charge on any atom is 0.236 e. The molecule has 0 aliphatic carbocycles. The Bertz CT molecular complexity index is 1240. The third-order valence-corrected chi connectivity index (χ3v) is 7.24. The second-order valence-electron chi connectivity index (χ2n) is 7.47. The number of halogens is 1. The zero-order valence-electron chi connectivity index (χ0n) is 18.8. The molecule has 0 aliphatic heterocycles. The van der Waals surface area contributed by atoms with E-state index in [2.05, 4.69) is 43.4 Å². The number of carbonyl (C=O) groups excluding carboxylic acids is 1. The van der Waals surface area contributed by atoms with Crippen molar-refractivity contribution in [3.63, 3.8) is 0 Å². The molecule has 0 radical (unpaired) electrons. The number of hydrogen-bond acceptors (Lipinski definition) is 7. The minimum absolute atomic E-state index is 0.139. The van der Waals surface area contributed by atoms with E-state index in [1.54, 1.807) is 0 Å². The van der Waals surface area contributed by atoms with E-state index >= 15 is 0 Å². The standard InChI is InChI=1S/C24H24BrN5O2S2/c1-3-4-13-32-19-11-7-17(8-12-19)22-28-29-24(30(22)2)34-15-21(31)27-23-26-20(14-33-23)16-5-9-18(25)10-6-16/h5-12,14H,3-4,13,15H2,1-2H3,(H,26,27,31). The zero-order chi connectivity index (χ0) is 23.9. The van der Waals surface area contributed by atoms with Crippen LogP contribution < -0.4 is 10.1 Å². The highest BCUT2D eigenvalue weighted by atomic mass is 79.9. The number of aromatic nitrogens is 4. The van der Waals surface area contributed by atoms with Gasteiger partial charge in [0.2, 0.25) is 5.91 Å². The molecular weight excluding hydrogens is 534 g/mol. The first kappa shape index (κ1) is 24.4. The Balaban J connectivity index is 1.32. The van der Waals surface area contributed by atoms with E-state index < -0.39 is 0 Å². The molecule has 10 heteroatoms. The molecule has 2 heterocycles. The predicted molar refractivity (Wildman–Crippen MR) is 141 cm³/mol. The number of amides is 1. The number of rotatable bonds is 10. The number of carbonyl (C=O) groups is 1. The molecule has 34 heavy (non-hydrogen) atoms. The lowest BCUT2D eigenvalue weighted by molar-refractivity contribution is -0.113. The first-order chi connectivity index (χ1) is 16.5. The summed E-state index contributed by atoms with van der Waals surface area (Å²) in [7, 11) is 1.90. The highest BCUT2D eigenvalue weighted by Crippen LogP contribution is 2.27. The number of benzene rings is 2. The number of anilines is 1. The molecule has 0 fully saturated rings. The van der Waals surface area contributed by atoms with Crippen molar-refractivity contribution in [2.75, 3.05) is 17.7 Å². The number of hydrogen-bond donors (Lipinski definition) is 1.